The Balaban J connectivity index is 2.50. The average Bonchev–Trinajstić information content (AvgIpc) is 2.93. The van der Waals surface area contributed by atoms with Gasteiger partial charge in [-0.25, -0.2) is 0 Å². The molecule has 2 aromatic heterocycles. The lowest BCUT2D eigenvalue weighted by molar-refractivity contribution is 0.289. The third-order valence-corrected chi connectivity index (χ3v) is 3.60. The van der Waals surface area contributed by atoms with E-state index in [0.717, 1.165) is 5.57 Å². The number of nitrogen functional groups attached to an aromatic ring is 1. The third-order valence-electron chi connectivity index (χ3n) is 3.60. The summed E-state index contributed by atoms with van der Waals surface area (Å²) in [5.74, 6) is 0.265. The van der Waals surface area contributed by atoms with Crippen molar-refractivity contribution < 1.29 is 9.47 Å². The fraction of sp³-hybridized carbons (Fsp3) is 0.500. The number of aromatic nitrogens is 4. The maximum Gasteiger partial charge on any atom is 0.320 e. The van der Waals surface area contributed by atoms with Crippen LogP contribution in [0.4, 0.5) is 5.82 Å². The van der Waals surface area contributed by atoms with Gasteiger partial charge in [0.2, 0.25) is 0 Å². The topological polar surface area (TPSA) is 114 Å². The Hall–Kier alpha value is -2.61. The minimum Gasteiger partial charge on any atom is -0.465 e. The second kappa shape index (κ2) is 9.19. The number of hydrogen-bond acceptors (Lipinski definition) is 7. The summed E-state index contributed by atoms with van der Waals surface area (Å²) in [5.41, 5.74) is 15.0. The Morgan fingerprint density at radius 3 is 2.58 bits per heavy atom. The fourth-order valence-corrected chi connectivity index (χ4v) is 2.45. The van der Waals surface area contributed by atoms with Gasteiger partial charge in [0.05, 0.1) is 19.8 Å². The Morgan fingerprint density at radius 2 is 1.96 bits per heavy atom. The van der Waals surface area contributed by atoms with Crippen molar-refractivity contribution in [3.8, 4) is 12.0 Å². The van der Waals surface area contributed by atoms with Gasteiger partial charge in [-0.1, -0.05) is 17.7 Å². The number of fused-ring (bicyclic) bond motifs is 1. The van der Waals surface area contributed by atoms with Crippen molar-refractivity contribution in [2.75, 3.05) is 25.5 Å². The summed E-state index contributed by atoms with van der Waals surface area (Å²) in [6, 6.07) is 0.681. The lowest BCUT2D eigenvalue weighted by atomic mass is 10.2. The minimum absolute atomic E-state index is 0.219. The van der Waals surface area contributed by atoms with Crippen LogP contribution >= 0.6 is 0 Å². The Labute approximate surface area is 153 Å². The molecule has 2 aromatic rings. The number of ether oxygens (including phenoxy) is 2. The lowest BCUT2D eigenvalue weighted by Crippen LogP contribution is -2.10. The van der Waals surface area contributed by atoms with Crippen molar-refractivity contribution in [1.82, 2.24) is 19.5 Å². The highest BCUT2D eigenvalue weighted by molar-refractivity contribution is 5.83. The first-order valence-electron chi connectivity index (χ1n) is 8.79. The molecule has 8 nitrogen and oxygen atoms in total. The van der Waals surface area contributed by atoms with E-state index < -0.39 is 0 Å². The largest absolute Gasteiger partial charge is 0.465 e. The summed E-state index contributed by atoms with van der Waals surface area (Å²) >= 11 is 0. The van der Waals surface area contributed by atoms with Crippen molar-refractivity contribution in [1.29, 1.82) is 0 Å². The zero-order valence-corrected chi connectivity index (χ0v) is 16.0. The fourth-order valence-electron chi connectivity index (χ4n) is 2.45. The molecule has 26 heavy (non-hydrogen) atoms. The molecule has 0 amide bonds. The van der Waals surface area contributed by atoms with E-state index in [9.17, 15) is 0 Å². The third kappa shape index (κ3) is 4.72. The minimum atomic E-state index is 0.219. The Morgan fingerprint density at radius 1 is 1.19 bits per heavy atom. The second-order valence-electron chi connectivity index (χ2n) is 6.05. The van der Waals surface area contributed by atoms with Crippen LogP contribution in [-0.2, 0) is 6.54 Å². The highest BCUT2D eigenvalue weighted by Gasteiger charge is 2.18. The Bertz CT molecular complexity index is 806. The smallest absolute Gasteiger partial charge is 0.320 e. The average molecular weight is 360 g/mol. The van der Waals surface area contributed by atoms with Crippen LogP contribution in [-0.4, -0.2) is 39.3 Å². The van der Waals surface area contributed by atoms with E-state index in [1.807, 2.05) is 18.4 Å². The molecule has 0 spiro atoms. The molecule has 0 radical (unpaired) electrons. The maximum absolute atomic E-state index is 6.07. The number of nitrogens with two attached hydrogens (primary N) is 2. The van der Waals surface area contributed by atoms with E-state index >= 15 is 0 Å². The van der Waals surface area contributed by atoms with Gasteiger partial charge in [-0.15, -0.1) is 0 Å². The normalized spacial score (nSPS) is 11.7. The highest BCUT2D eigenvalue weighted by Crippen LogP contribution is 2.27. The van der Waals surface area contributed by atoms with Crippen LogP contribution in [0.15, 0.2) is 23.3 Å². The number of rotatable bonds is 9. The van der Waals surface area contributed by atoms with Crippen molar-refractivity contribution in [2.45, 2.75) is 40.7 Å². The zero-order chi connectivity index (χ0) is 19.1. The first kappa shape index (κ1) is 19.7. The molecule has 4 N–H and O–H groups in total. The predicted molar refractivity (Wildman–Crippen MR) is 103 cm³/mol. The highest BCUT2D eigenvalue weighted by atomic mass is 16.5. The maximum atomic E-state index is 6.07. The van der Waals surface area contributed by atoms with E-state index in [-0.39, 0.29) is 11.8 Å². The number of hydrogen-bond donors (Lipinski definition) is 2. The van der Waals surface area contributed by atoms with Crippen LogP contribution in [0.3, 0.4) is 0 Å². The summed E-state index contributed by atoms with van der Waals surface area (Å²) in [4.78, 5) is 13.2. The van der Waals surface area contributed by atoms with E-state index in [0.29, 0.717) is 49.9 Å². The summed E-state index contributed by atoms with van der Waals surface area (Å²) in [5, 5.41) is 0. The van der Waals surface area contributed by atoms with Crippen LogP contribution < -0.4 is 20.9 Å². The van der Waals surface area contributed by atoms with Crippen LogP contribution in [0.1, 0.15) is 34.1 Å². The van der Waals surface area contributed by atoms with E-state index in [1.54, 1.807) is 0 Å². The molecule has 0 saturated heterocycles. The van der Waals surface area contributed by atoms with Gasteiger partial charge in [0, 0.05) is 0 Å². The van der Waals surface area contributed by atoms with Crippen molar-refractivity contribution in [2.24, 2.45) is 5.73 Å². The van der Waals surface area contributed by atoms with Crippen molar-refractivity contribution >= 4 is 17.0 Å². The molecule has 0 aromatic carbocycles. The van der Waals surface area contributed by atoms with Gasteiger partial charge in [0.1, 0.15) is 0 Å². The van der Waals surface area contributed by atoms with Gasteiger partial charge in [0.15, 0.2) is 17.0 Å². The van der Waals surface area contributed by atoms with Gasteiger partial charge in [0.25, 0.3) is 6.01 Å². The molecule has 0 saturated carbocycles. The molecule has 0 atom stereocenters. The molecular formula is C18H28N6O2. The Kier molecular flexibility index (Phi) is 6.97. The molecule has 0 aliphatic heterocycles. The van der Waals surface area contributed by atoms with Gasteiger partial charge in [-0.3, -0.25) is 4.57 Å². The van der Waals surface area contributed by atoms with E-state index in [1.165, 1.54) is 5.57 Å². The monoisotopic (exact) mass is 360 g/mol. The molecule has 2 heterocycles. The number of anilines is 1. The predicted octanol–water partition coefficient (Wildman–Crippen LogP) is 2.45. The van der Waals surface area contributed by atoms with Gasteiger partial charge >= 0.3 is 6.01 Å². The van der Waals surface area contributed by atoms with Gasteiger partial charge in [-0.05, 0) is 46.2 Å². The van der Waals surface area contributed by atoms with Crippen LogP contribution in [0.2, 0.25) is 0 Å². The lowest BCUT2D eigenvalue weighted by Gasteiger charge is -2.10. The molecule has 0 aliphatic rings. The van der Waals surface area contributed by atoms with Gasteiger partial charge in [-0.2, -0.15) is 15.0 Å². The molecule has 142 valence electrons. The number of allylic oxidation sites excluding steroid dienone is 4. The number of nitrogens with zero attached hydrogens (tertiary/aromatic N) is 4. The first-order valence-corrected chi connectivity index (χ1v) is 8.79. The molecule has 0 bridgehead atoms. The second-order valence-corrected chi connectivity index (χ2v) is 6.05. The SMILES string of the molecule is CC=C(C=C(C)C)Cn1c(OCC)nc2c(N)nc(OCCCN)nc21. The molecule has 0 unspecified atom stereocenters. The standard InChI is InChI=1S/C18H28N6O2/c1-5-13(10-12(3)4)11-24-16-14(21-18(24)25-6-2)15(20)22-17(23-16)26-9-7-8-19/h5,10H,6-9,11,19H2,1-4H3,(H2,20,22,23). The quantitative estimate of drug-likeness (QED) is 0.521. The van der Waals surface area contributed by atoms with Crippen molar-refractivity contribution in [3.05, 3.63) is 23.3 Å². The molecular weight excluding hydrogens is 332 g/mol. The van der Waals surface area contributed by atoms with Crippen LogP contribution in [0.5, 0.6) is 12.0 Å². The van der Waals surface area contributed by atoms with Crippen LogP contribution in [0, 0.1) is 0 Å². The van der Waals surface area contributed by atoms with Crippen LogP contribution in [0.25, 0.3) is 11.2 Å². The summed E-state index contributed by atoms with van der Waals surface area (Å²) in [7, 11) is 0. The van der Waals surface area contributed by atoms with E-state index in [2.05, 4.69) is 41.0 Å². The van der Waals surface area contributed by atoms with Gasteiger partial charge < -0.3 is 20.9 Å². The van der Waals surface area contributed by atoms with Crippen molar-refractivity contribution in [3.63, 3.8) is 0 Å². The summed E-state index contributed by atoms with van der Waals surface area (Å²) in [6.07, 6.45) is 4.89. The summed E-state index contributed by atoms with van der Waals surface area (Å²) in [6.45, 7) is 10.1. The van der Waals surface area contributed by atoms with E-state index in [4.69, 9.17) is 20.9 Å². The number of imidazole rings is 1. The first-order chi connectivity index (χ1) is 12.5. The zero-order valence-electron chi connectivity index (χ0n) is 16.0. The molecule has 0 aliphatic carbocycles. The molecule has 0 fully saturated rings. The summed E-state index contributed by atoms with van der Waals surface area (Å²) < 4.78 is 13.1. The molecule has 2 rings (SSSR count). The molecule has 8 heteroatoms.